The fourth-order valence-corrected chi connectivity index (χ4v) is 0.928. The first-order valence-corrected chi connectivity index (χ1v) is 6.17. The molecule has 0 fully saturated rings. The monoisotopic (exact) mass is 268 g/mol. The minimum absolute atomic E-state index is 0.411. The molecule has 0 amide bonds. The molecule has 0 saturated heterocycles. The maximum absolute atomic E-state index is 9.10. The summed E-state index contributed by atoms with van der Waals surface area (Å²) in [4.78, 5) is 0. The first kappa shape index (κ1) is 19.5. The number of hydrogen-bond acceptors (Lipinski definition) is 4. The maximum atomic E-state index is 9.10. The van der Waals surface area contributed by atoms with Crippen molar-refractivity contribution in [3.63, 3.8) is 0 Å². The van der Waals surface area contributed by atoms with Crippen molar-refractivity contribution in [2.24, 2.45) is 5.92 Å². The first-order valence-electron chi connectivity index (χ1n) is 5.74. The van der Waals surface area contributed by atoms with E-state index in [1.807, 2.05) is 13.8 Å². The highest BCUT2D eigenvalue weighted by Gasteiger charge is 2.31. The van der Waals surface area contributed by atoms with Gasteiger partial charge in [-0.15, -0.1) is 11.6 Å². The normalized spacial score (nSPS) is 14.1. The van der Waals surface area contributed by atoms with Crippen LogP contribution < -0.4 is 0 Å². The molecular formula is C11H26BClO4. The number of alkyl halides is 1. The van der Waals surface area contributed by atoms with Gasteiger partial charge in [0.15, 0.2) is 0 Å². The van der Waals surface area contributed by atoms with E-state index in [0.717, 1.165) is 0 Å². The van der Waals surface area contributed by atoms with Crippen LogP contribution in [0.5, 0.6) is 0 Å². The van der Waals surface area contributed by atoms with Gasteiger partial charge in [-0.3, -0.25) is 0 Å². The van der Waals surface area contributed by atoms with E-state index in [-0.39, 0.29) is 0 Å². The summed E-state index contributed by atoms with van der Waals surface area (Å²) in [6, 6.07) is 0. The van der Waals surface area contributed by atoms with Gasteiger partial charge >= 0.3 is 7.12 Å². The highest BCUT2D eigenvalue weighted by atomic mass is 35.5. The van der Waals surface area contributed by atoms with Gasteiger partial charge in [0.1, 0.15) is 0 Å². The van der Waals surface area contributed by atoms with Crippen LogP contribution in [0.15, 0.2) is 0 Å². The molecular weight excluding hydrogens is 242 g/mol. The summed E-state index contributed by atoms with van der Waals surface area (Å²) in [7, 11) is -1.38. The van der Waals surface area contributed by atoms with Gasteiger partial charge < -0.3 is 20.3 Å². The largest absolute Gasteiger partial charge is 0.470 e. The van der Waals surface area contributed by atoms with Crippen LogP contribution in [0.4, 0.5) is 0 Å². The Kier molecular flexibility index (Phi) is 8.72. The summed E-state index contributed by atoms with van der Waals surface area (Å²) in [5, 5.41) is 34.7. The highest BCUT2D eigenvalue weighted by Crippen LogP contribution is 2.19. The zero-order valence-corrected chi connectivity index (χ0v) is 12.4. The van der Waals surface area contributed by atoms with Crippen LogP contribution in [0, 0.1) is 5.92 Å². The summed E-state index contributed by atoms with van der Waals surface area (Å²) >= 11 is 5.51. The SMILES string of the molecule is CC(C)(O)C(C)(C)O.CC(C)CC(Cl)B(O)O. The molecule has 4 nitrogen and oxygen atoms in total. The van der Waals surface area contributed by atoms with Crippen molar-refractivity contribution in [1.29, 1.82) is 0 Å². The quantitative estimate of drug-likeness (QED) is 0.456. The molecule has 0 radical (unpaired) electrons. The predicted molar refractivity (Wildman–Crippen MR) is 71.9 cm³/mol. The third-order valence-corrected chi connectivity index (χ3v) is 2.92. The zero-order chi connectivity index (χ0) is 14.4. The summed E-state index contributed by atoms with van der Waals surface area (Å²) in [6.45, 7) is 10.3. The van der Waals surface area contributed by atoms with E-state index in [1.54, 1.807) is 27.7 Å². The van der Waals surface area contributed by atoms with E-state index in [0.29, 0.717) is 12.3 Å². The molecule has 104 valence electrons. The lowest BCUT2D eigenvalue weighted by atomic mass is 9.81. The lowest BCUT2D eigenvalue weighted by Gasteiger charge is -2.31. The molecule has 6 heteroatoms. The molecule has 0 saturated carbocycles. The molecule has 0 aliphatic rings. The molecule has 0 heterocycles. The Morgan fingerprint density at radius 3 is 1.35 bits per heavy atom. The van der Waals surface area contributed by atoms with Crippen LogP contribution in [0.2, 0.25) is 0 Å². The van der Waals surface area contributed by atoms with Crippen LogP contribution in [-0.2, 0) is 0 Å². The van der Waals surface area contributed by atoms with Crippen LogP contribution in [0.25, 0.3) is 0 Å². The topological polar surface area (TPSA) is 80.9 Å². The Morgan fingerprint density at radius 1 is 1.00 bits per heavy atom. The minimum atomic E-state index is -1.38. The number of halogens is 1. The van der Waals surface area contributed by atoms with Crippen molar-refractivity contribution in [2.45, 2.75) is 64.4 Å². The van der Waals surface area contributed by atoms with Gasteiger partial charge in [0.05, 0.1) is 16.5 Å². The van der Waals surface area contributed by atoms with Crippen LogP contribution in [0.1, 0.15) is 48.0 Å². The molecule has 1 atom stereocenters. The molecule has 0 aliphatic carbocycles. The molecule has 17 heavy (non-hydrogen) atoms. The molecule has 0 aromatic heterocycles. The van der Waals surface area contributed by atoms with Gasteiger partial charge in [-0.25, -0.2) is 0 Å². The second-order valence-electron chi connectivity index (χ2n) is 5.68. The fraction of sp³-hybridized carbons (Fsp3) is 1.00. The van der Waals surface area contributed by atoms with Gasteiger partial charge in [-0.1, -0.05) is 13.8 Å². The molecule has 0 aliphatic heterocycles. The van der Waals surface area contributed by atoms with Crippen LogP contribution in [0.3, 0.4) is 0 Å². The van der Waals surface area contributed by atoms with E-state index in [1.165, 1.54) is 0 Å². The van der Waals surface area contributed by atoms with E-state index in [2.05, 4.69) is 0 Å². The van der Waals surface area contributed by atoms with Gasteiger partial charge in [-0.05, 0) is 40.0 Å². The standard InChI is InChI=1S/C6H14O2.C5H12BClO2/c1-5(2,7)6(3,4)8;1-4(2)3-5(7)6(8)9/h7-8H,1-4H3;4-5,8-9H,3H2,1-2H3. The van der Waals surface area contributed by atoms with E-state index >= 15 is 0 Å². The second-order valence-corrected chi connectivity index (χ2v) is 6.24. The fourth-order valence-electron chi connectivity index (χ4n) is 0.572. The van der Waals surface area contributed by atoms with Crippen molar-refractivity contribution in [3.8, 4) is 0 Å². The van der Waals surface area contributed by atoms with Gasteiger partial charge in [0.2, 0.25) is 0 Å². The predicted octanol–water partition coefficient (Wildman–Crippen LogP) is 1.18. The van der Waals surface area contributed by atoms with Crippen molar-refractivity contribution < 1.29 is 20.3 Å². The average Bonchev–Trinajstić information content (AvgIpc) is 1.99. The number of hydrogen-bond donors (Lipinski definition) is 4. The number of rotatable bonds is 4. The summed E-state index contributed by atoms with van der Waals surface area (Å²) in [6.07, 6.45) is 0.638. The maximum Gasteiger partial charge on any atom is 0.470 e. The van der Waals surface area contributed by atoms with Crippen molar-refractivity contribution in [3.05, 3.63) is 0 Å². The van der Waals surface area contributed by atoms with Gasteiger partial charge in [0, 0.05) is 0 Å². The average molecular weight is 269 g/mol. The summed E-state index contributed by atoms with van der Waals surface area (Å²) in [5.74, 6) is 0.411. The molecule has 0 aromatic rings. The van der Waals surface area contributed by atoms with Crippen LogP contribution >= 0.6 is 11.6 Å². The lowest BCUT2D eigenvalue weighted by Crippen LogP contribution is -2.44. The Hall–Kier alpha value is 0.195. The Balaban J connectivity index is 0. The molecule has 0 aromatic carbocycles. The van der Waals surface area contributed by atoms with Crippen molar-refractivity contribution in [1.82, 2.24) is 0 Å². The molecule has 0 spiro atoms. The van der Waals surface area contributed by atoms with Crippen molar-refractivity contribution in [2.75, 3.05) is 0 Å². The highest BCUT2D eigenvalue weighted by molar-refractivity contribution is 6.57. The molecule has 1 unspecified atom stereocenters. The zero-order valence-electron chi connectivity index (χ0n) is 11.6. The Labute approximate surface area is 110 Å². The summed E-state index contributed by atoms with van der Waals surface area (Å²) in [5.41, 5.74) is -2.01. The van der Waals surface area contributed by atoms with Crippen LogP contribution in [-0.4, -0.2) is 43.9 Å². The minimum Gasteiger partial charge on any atom is -0.426 e. The lowest BCUT2D eigenvalue weighted by molar-refractivity contribution is -0.107. The third kappa shape index (κ3) is 11.0. The Bertz CT molecular complexity index is 185. The molecule has 0 rings (SSSR count). The first-order chi connectivity index (χ1) is 7.29. The smallest absolute Gasteiger partial charge is 0.426 e. The third-order valence-electron chi connectivity index (χ3n) is 2.52. The van der Waals surface area contributed by atoms with Gasteiger partial charge in [0.25, 0.3) is 0 Å². The van der Waals surface area contributed by atoms with E-state index in [9.17, 15) is 0 Å². The van der Waals surface area contributed by atoms with Gasteiger partial charge in [-0.2, -0.15) is 0 Å². The molecule has 4 N–H and O–H groups in total. The summed E-state index contributed by atoms with van der Waals surface area (Å²) < 4.78 is 0. The number of aliphatic hydroxyl groups is 2. The van der Waals surface area contributed by atoms with E-state index < -0.39 is 23.6 Å². The second kappa shape index (κ2) is 7.59. The van der Waals surface area contributed by atoms with Crippen molar-refractivity contribution >= 4 is 18.7 Å². The molecule has 0 bridgehead atoms. The Morgan fingerprint density at radius 2 is 1.29 bits per heavy atom. The van der Waals surface area contributed by atoms with E-state index in [4.69, 9.17) is 31.9 Å².